The zero-order valence-corrected chi connectivity index (χ0v) is 15.6. The van der Waals surface area contributed by atoms with Crippen LogP contribution in [0, 0.1) is 0 Å². The standard InChI is InChI=1S/C19H24N2O3S/c1-4-12-20-19(22)16-6-5-7-18(13-16)25(23,24)21-17-10-8-15(9-11-17)14(2)3/h5-11,13-14,21H,4,12H2,1-3H3,(H,20,22). The Morgan fingerprint density at radius 3 is 2.36 bits per heavy atom. The number of amides is 1. The second kappa shape index (κ2) is 8.16. The molecule has 0 saturated carbocycles. The number of sulfonamides is 1. The third-order valence-electron chi connectivity index (χ3n) is 3.77. The molecule has 0 heterocycles. The number of carbonyl (C=O) groups excluding carboxylic acids is 1. The van der Waals surface area contributed by atoms with Crippen molar-refractivity contribution in [1.82, 2.24) is 5.32 Å². The van der Waals surface area contributed by atoms with Crippen LogP contribution in [0.5, 0.6) is 0 Å². The highest BCUT2D eigenvalue weighted by Crippen LogP contribution is 2.20. The normalized spacial score (nSPS) is 11.4. The highest BCUT2D eigenvalue weighted by atomic mass is 32.2. The molecular formula is C19H24N2O3S. The maximum Gasteiger partial charge on any atom is 0.261 e. The van der Waals surface area contributed by atoms with Crippen molar-refractivity contribution in [3.63, 3.8) is 0 Å². The van der Waals surface area contributed by atoms with E-state index >= 15 is 0 Å². The topological polar surface area (TPSA) is 75.3 Å². The first kappa shape index (κ1) is 19.0. The number of carbonyl (C=O) groups is 1. The van der Waals surface area contributed by atoms with E-state index in [4.69, 9.17) is 0 Å². The molecule has 2 N–H and O–H groups in total. The number of benzene rings is 2. The van der Waals surface area contributed by atoms with Crippen molar-refractivity contribution in [3.8, 4) is 0 Å². The average molecular weight is 360 g/mol. The van der Waals surface area contributed by atoms with E-state index in [9.17, 15) is 13.2 Å². The Morgan fingerprint density at radius 1 is 1.08 bits per heavy atom. The summed E-state index contributed by atoms with van der Waals surface area (Å²) in [5.74, 6) is 0.101. The first-order chi connectivity index (χ1) is 11.8. The molecule has 6 heteroatoms. The molecule has 2 rings (SSSR count). The minimum atomic E-state index is -3.75. The largest absolute Gasteiger partial charge is 0.352 e. The molecule has 2 aromatic rings. The Balaban J connectivity index is 2.20. The molecule has 0 aromatic heterocycles. The predicted octanol–water partition coefficient (Wildman–Crippen LogP) is 3.75. The van der Waals surface area contributed by atoms with Gasteiger partial charge in [-0.2, -0.15) is 0 Å². The van der Waals surface area contributed by atoms with Crippen molar-refractivity contribution in [2.24, 2.45) is 0 Å². The van der Waals surface area contributed by atoms with E-state index in [-0.39, 0.29) is 10.8 Å². The molecule has 0 radical (unpaired) electrons. The lowest BCUT2D eigenvalue weighted by molar-refractivity contribution is 0.0953. The maximum absolute atomic E-state index is 12.6. The molecule has 0 saturated heterocycles. The number of anilines is 1. The van der Waals surface area contributed by atoms with Crippen LogP contribution >= 0.6 is 0 Å². The van der Waals surface area contributed by atoms with Gasteiger partial charge in [0.1, 0.15) is 0 Å². The fourth-order valence-electron chi connectivity index (χ4n) is 2.30. The Labute approximate surface area is 149 Å². The number of hydrogen-bond acceptors (Lipinski definition) is 3. The molecule has 5 nitrogen and oxygen atoms in total. The number of nitrogens with one attached hydrogen (secondary N) is 2. The third-order valence-corrected chi connectivity index (χ3v) is 5.15. The Bertz CT molecular complexity index is 828. The lowest BCUT2D eigenvalue weighted by Gasteiger charge is -2.11. The Hall–Kier alpha value is -2.34. The van der Waals surface area contributed by atoms with Gasteiger partial charge in [-0.15, -0.1) is 0 Å². The summed E-state index contributed by atoms with van der Waals surface area (Å²) < 4.78 is 27.7. The molecule has 0 spiro atoms. The van der Waals surface area contributed by atoms with E-state index in [2.05, 4.69) is 23.9 Å². The minimum absolute atomic E-state index is 0.0598. The average Bonchev–Trinajstić information content (AvgIpc) is 2.60. The van der Waals surface area contributed by atoms with E-state index in [1.807, 2.05) is 19.1 Å². The summed E-state index contributed by atoms with van der Waals surface area (Å²) in [5.41, 5.74) is 1.95. The first-order valence-corrected chi connectivity index (χ1v) is 9.83. The van der Waals surface area contributed by atoms with Gasteiger partial charge in [0.05, 0.1) is 4.90 Å². The van der Waals surface area contributed by atoms with Crippen molar-refractivity contribution < 1.29 is 13.2 Å². The number of hydrogen-bond donors (Lipinski definition) is 2. The molecule has 0 aliphatic heterocycles. The van der Waals surface area contributed by atoms with Gasteiger partial charge in [0.15, 0.2) is 0 Å². The highest BCUT2D eigenvalue weighted by molar-refractivity contribution is 7.92. The molecule has 0 aliphatic carbocycles. The van der Waals surface area contributed by atoms with E-state index in [1.165, 1.54) is 12.1 Å². The molecular weight excluding hydrogens is 336 g/mol. The third kappa shape index (κ3) is 5.06. The van der Waals surface area contributed by atoms with Crippen molar-refractivity contribution in [2.75, 3.05) is 11.3 Å². The molecule has 0 atom stereocenters. The van der Waals surface area contributed by atoms with E-state index in [0.717, 1.165) is 12.0 Å². The van der Waals surface area contributed by atoms with E-state index in [0.29, 0.717) is 23.7 Å². The van der Waals surface area contributed by atoms with E-state index < -0.39 is 10.0 Å². The second-order valence-corrected chi connectivity index (χ2v) is 7.85. The van der Waals surface area contributed by atoms with Crippen molar-refractivity contribution in [3.05, 3.63) is 59.7 Å². The molecule has 0 bridgehead atoms. The molecule has 134 valence electrons. The van der Waals surface area contributed by atoms with Crippen LogP contribution in [0.1, 0.15) is 49.0 Å². The lowest BCUT2D eigenvalue weighted by atomic mass is 10.0. The first-order valence-electron chi connectivity index (χ1n) is 8.34. The second-order valence-electron chi connectivity index (χ2n) is 6.17. The fourth-order valence-corrected chi connectivity index (χ4v) is 3.40. The molecule has 2 aromatic carbocycles. The van der Waals surface area contributed by atoms with Gasteiger partial charge < -0.3 is 5.32 Å². The van der Waals surface area contributed by atoms with Crippen molar-refractivity contribution >= 4 is 21.6 Å². The van der Waals surface area contributed by atoms with Gasteiger partial charge in [0.25, 0.3) is 15.9 Å². The van der Waals surface area contributed by atoms with E-state index in [1.54, 1.807) is 24.3 Å². The Kier molecular flexibility index (Phi) is 6.20. The van der Waals surface area contributed by atoms with Gasteiger partial charge in [-0.05, 0) is 48.2 Å². The molecule has 0 unspecified atom stereocenters. The molecule has 0 fully saturated rings. The van der Waals surface area contributed by atoms with Crippen LogP contribution in [0.3, 0.4) is 0 Å². The fraction of sp³-hybridized carbons (Fsp3) is 0.316. The van der Waals surface area contributed by atoms with Crippen LogP contribution in [0.15, 0.2) is 53.4 Å². The quantitative estimate of drug-likeness (QED) is 0.789. The van der Waals surface area contributed by atoms with Gasteiger partial charge in [0.2, 0.25) is 0 Å². The summed E-state index contributed by atoms with van der Waals surface area (Å²) in [4.78, 5) is 12.1. The smallest absolute Gasteiger partial charge is 0.261 e. The van der Waals surface area contributed by atoms with Crippen molar-refractivity contribution in [1.29, 1.82) is 0 Å². The summed E-state index contributed by atoms with van der Waals surface area (Å²) >= 11 is 0. The van der Waals surface area contributed by atoms with Crippen LogP contribution in [0.2, 0.25) is 0 Å². The number of rotatable bonds is 7. The van der Waals surface area contributed by atoms with Gasteiger partial charge in [-0.1, -0.05) is 39.0 Å². The van der Waals surface area contributed by atoms with Crippen LogP contribution in [0.4, 0.5) is 5.69 Å². The van der Waals surface area contributed by atoms with Gasteiger partial charge in [-0.3, -0.25) is 9.52 Å². The van der Waals surface area contributed by atoms with Crippen LogP contribution in [-0.4, -0.2) is 20.9 Å². The van der Waals surface area contributed by atoms with Crippen LogP contribution in [0.25, 0.3) is 0 Å². The zero-order valence-electron chi connectivity index (χ0n) is 14.7. The summed E-state index contributed by atoms with van der Waals surface area (Å²) in [6.07, 6.45) is 0.817. The minimum Gasteiger partial charge on any atom is -0.352 e. The molecule has 1 amide bonds. The molecule has 0 aliphatic rings. The highest BCUT2D eigenvalue weighted by Gasteiger charge is 2.16. The summed E-state index contributed by atoms with van der Waals surface area (Å²) in [6, 6.07) is 13.3. The van der Waals surface area contributed by atoms with Crippen LogP contribution in [-0.2, 0) is 10.0 Å². The van der Waals surface area contributed by atoms with Crippen molar-refractivity contribution in [2.45, 2.75) is 38.0 Å². The molecule has 25 heavy (non-hydrogen) atoms. The lowest BCUT2D eigenvalue weighted by Crippen LogP contribution is -2.24. The zero-order chi connectivity index (χ0) is 18.4. The Morgan fingerprint density at radius 2 is 1.76 bits per heavy atom. The van der Waals surface area contributed by atoms with Crippen LogP contribution < -0.4 is 10.0 Å². The monoisotopic (exact) mass is 360 g/mol. The SMILES string of the molecule is CCCNC(=O)c1cccc(S(=O)(=O)Nc2ccc(C(C)C)cc2)c1. The summed E-state index contributed by atoms with van der Waals surface area (Å²) in [6.45, 7) is 6.66. The maximum atomic E-state index is 12.6. The predicted molar refractivity (Wildman–Crippen MR) is 100 cm³/mol. The van der Waals surface area contributed by atoms with Gasteiger partial charge >= 0.3 is 0 Å². The summed E-state index contributed by atoms with van der Waals surface area (Å²) in [7, 11) is -3.75. The van der Waals surface area contributed by atoms with Gasteiger partial charge in [0, 0.05) is 17.8 Å². The van der Waals surface area contributed by atoms with Gasteiger partial charge in [-0.25, -0.2) is 8.42 Å². The summed E-state index contributed by atoms with van der Waals surface area (Å²) in [5, 5.41) is 2.74.